The summed E-state index contributed by atoms with van der Waals surface area (Å²) in [4.78, 5) is 11.6. The number of carbonyl (C=O) groups excluding carboxylic acids is 1. The van der Waals surface area contributed by atoms with Gasteiger partial charge in [-0.1, -0.05) is 24.3 Å². The number of nitrogens with two attached hydrogens (primary N) is 1. The van der Waals surface area contributed by atoms with E-state index in [1.807, 2.05) is 6.92 Å². The van der Waals surface area contributed by atoms with Crippen LogP contribution in [0.15, 0.2) is 47.4 Å². The Labute approximate surface area is 112 Å². The zero-order valence-corrected chi connectivity index (χ0v) is 11.6. The first-order valence-electron chi connectivity index (χ1n) is 5.58. The highest BCUT2D eigenvalue weighted by Crippen LogP contribution is 2.19. The van der Waals surface area contributed by atoms with Crippen LogP contribution in [0, 0.1) is 6.92 Å². The molecule has 0 aliphatic rings. The Morgan fingerprint density at radius 2 is 2.00 bits per heavy atom. The van der Waals surface area contributed by atoms with Gasteiger partial charge >= 0.3 is 0 Å². The number of rotatable bonds is 4. The molecule has 0 aliphatic carbocycles. The number of amides is 1. The minimum atomic E-state index is -3.78. The largest absolute Gasteiger partial charge is 0.322 e. The van der Waals surface area contributed by atoms with Crippen LogP contribution in [0.4, 0.5) is 5.69 Å². The number of carbonyl (C=O) groups is 1. The van der Waals surface area contributed by atoms with E-state index in [1.165, 1.54) is 18.2 Å². The zero-order valence-electron chi connectivity index (χ0n) is 10.8. The van der Waals surface area contributed by atoms with Crippen LogP contribution in [0.2, 0.25) is 0 Å². The van der Waals surface area contributed by atoms with E-state index in [2.05, 4.69) is 5.32 Å². The summed E-state index contributed by atoms with van der Waals surface area (Å²) in [6.07, 6.45) is 6.45. The second-order valence-electron chi connectivity index (χ2n) is 3.90. The second kappa shape index (κ2) is 6.31. The third kappa shape index (κ3) is 4.69. The highest BCUT2D eigenvalue weighted by Gasteiger charge is 2.10. The van der Waals surface area contributed by atoms with Crippen LogP contribution in [0.5, 0.6) is 0 Å². The van der Waals surface area contributed by atoms with Crippen molar-refractivity contribution in [2.45, 2.75) is 18.7 Å². The second-order valence-corrected chi connectivity index (χ2v) is 5.46. The van der Waals surface area contributed by atoms with E-state index in [9.17, 15) is 13.2 Å². The minimum absolute atomic E-state index is 0.0363. The Bertz CT molecular complexity index is 631. The fourth-order valence-corrected chi connectivity index (χ4v) is 1.88. The van der Waals surface area contributed by atoms with Crippen molar-refractivity contribution in [3.8, 4) is 0 Å². The van der Waals surface area contributed by atoms with Crippen LogP contribution < -0.4 is 10.5 Å². The Morgan fingerprint density at radius 1 is 1.32 bits per heavy atom. The SMILES string of the molecule is C/C=C/C=C/C(=O)Nc1cc(S(N)(=O)=O)ccc1C. The lowest BCUT2D eigenvalue weighted by Gasteiger charge is -2.08. The van der Waals surface area contributed by atoms with Crippen molar-refractivity contribution in [1.82, 2.24) is 0 Å². The zero-order chi connectivity index (χ0) is 14.5. The first-order chi connectivity index (χ1) is 8.84. The number of aryl methyl sites for hydroxylation is 1. The fraction of sp³-hybridized carbons (Fsp3) is 0.154. The summed E-state index contributed by atoms with van der Waals surface area (Å²) in [5, 5.41) is 7.64. The summed E-state index contributed by atoms with van der Waals surface area (Å²) in [5.41, 5.74) is 1.17. The van der Waals surface area contributed by atoms with Crippen molar-refractivity contribution >= 4 is 21.6 Å². The van der Waals surface area contributed by atoms with Crippen LogP contribution in [-0.2, 0) is 14.8 Å². The molecule has 1 amide bonds. The lowest BCUT2D eigenvalue weighted by molar-refractivity contribution is -0.111. The minimum Gasteiger partial charge on any atom is -0.322 e. The summed E-state index contributed by atoms with van der Waals surface area (Å²) in [6, 6.07) is 4.33. The summed E-state index contributed by atoms with van der Waals surface area (Å²) < 4.78 is 22.5. The van der Waals surface area contributed by atoms with Gasteiger partial charge in [-0.3, -0.25) is 4.79 Å². The Kier molecular flexibility index (Phi) is 5.02. The number of hydrogen-bond donors (Lipinski definition) is 2. The molecule has 0 bridgehead atoms. The Hall–Kier alpha value is -1.92. The van der Waals surface area contributed by atoms with Gasteiger partial charge in [0.15, 0.2) is 0 Å². The van der Waals surface area contributed by atoms with Crippen LogP contribution in [0.1, 0.15) is 12.5 Å². The van der Waals surface area contributed by atoms with Crippen molar-refractivity contribution in [3.05, 3.63) is 48.1 Å². The van der Waals surface area contributed by atoms with Crippen LogP contribution >= 0.6 is 0 Å². The van der Waals surface area contributed by atoms with Crippen molar-refractivity contribution in [1.29, 1.82) is 0 Å². The molecule has 0 fully saturated rings. The molecule has 0 aliphatic heterocycles. The molecule has 19 heavy (non-hydrogen) atoms. The van der Waals surface area contributed by atoms with E-state index >= 15 is 0 Å². The number of primary sulfonamides is 1. The summed E-state index contributed by atoms with van der Waals surface area (Å²) in [5.74, 6) is -0.340. The van der Waals surface area contributed by atoms with Gasteiger partial charge in [0.05, 0.1) is 4.90 Å². The van der Waals surface area contributed by atoms with Gasteiger partial charge in [0.25, 0.3) is 0 Å². The predicted molar refractivity (Wildman–Crippen MR) is 75.1 cm³/mol. The molecular weight excluding hydrogens is 264 g/mol. The quantitative estimate of drug-likeness (QED) is 0.650. The van der Waals surface area contributed by atoms with Crippen LogP contribution in [0.3, 0.4) is 0 Å². The highest BCUT2D eigenvalue weighted by molar-refractivity contribution is 7.89. The van der Waals surface area contributed by atoms with E-state index in [-0.39, 0.29) is 10.8 Å². The first kappa shape index (κ1) is 15.1. The van der Waals surface area contributed by atoms with Crippen molar-refractivity contribution in [3.63, 3.8) is 0 Å². The number of anilines is 1. The smallest absolute Gasteiger partial charge is 0.248 e. The fourth-order valence-electron chi connectivity index (χ4n) is 1.34. The molecule has 0 spiro atoms. The van der Waals surface area contributed by atoms with E-state index in [0.717, 1.165) is 5.56 Å². The number of benzene rings is 1. The molecule has 0 saturated carbocycles. The molecule has 0 saturated heterocycles. The molecular formula is C13H16N2O3S. The lowest BCUT2D eigenvalue weighted by atomic mass is 10.2. The van der Waals surface area contributed by atoms with Crippen molar-refractivity contribution < 1.29 is 13.2 Å². The normalized spacial score (nSPS) is 12.2. The van der Waals surface area contributed by atoms with E-state index in [0.29, 0.717) is 5.69 Å². The summed E-state index contributed by atoms with van der Waals surface area (Å²) >= 11 is 0. The third-order valence-corrected chi connectivity index (χ3v) is 3.26. The maximum Gasteiger partial charge on any atom is 0.248 e. The molecule has 1 aromatic carbocycles. The topological polar surface area (TPSA) is 89.3 Å². The number of hydrogen-bond acceptors (Lipinski definition) is 3. The monoisotopic (exact) mass is 280 g/mol. The maximum absolute atomic E-state index is 11.6. The van der Waals surface area contributed by atoms with Gasteiger partial charge in [-0.15, -0.1) is 0 Å². The third-order valence-electron chi connectivity index (χ3n) is 2.35. The molecule has 1 aromatic rings. The first-order valence-corrected chi connectivity index (χ1v) is 7.13. The molecule has 0 radical (unpaired) electrons. The summed E-state index contributed by atoms with van der Waals surface area (Å²) in [6.45, 7) is 3.60. The van der Waals surface area contributed by atoms with Gasteiger partial charge < -0.3 is 5.32 Å². The molecule has 0 heterocycles. The van der Waals surface area contributed by atoms with Crippen LogP contribution in [-0.4, -0.2) is 14.3 Å². The van der Waals surface area contributed by atoms with Gasteiger partial charge in [-0.05, 0) is 31.5 Å². The number of allylic oxidation sites excluding steroid dienone is 3. The number of sulfonamides is 1. The average molecular weight is 280 g/mol. The average Bonchev–Trinajstić information content (AvgIpc) is 2.31. The van der Waals surface area contributed by atoms with E-state index in [4.69, 9.17) is 5.14 Å². The highest BCUT2D eigenvalue weighted by atomic mass is 32.2. The van der Waals surface area contributed by atoms with Gasteiger partial charge in [-0.25, -0.2) is 13.6 Å². The maximum atomic E-state index is 11.6. The van der Waals surface area contributed by atoms with Gasteiger partial charge in [0.2, 0.25) is 15.9 Å². The Morgan fingerprint density at radius 3 is 2.58 bits per heavy atom. The predicted octanol–water partition coefficient (Wildman–Crippen LogP) is 1.71. The van der Waals surface area contributed by atoms with E-state index < -0.39 is 10.0 Å². The standard InChI is InChI=1S/C13H16N2O3S/c1-3-4-5-6-13(16)15-12-9-11(19(14,17)18)8-7-10(12)2/h3-9H,1-2H3,(H,15,16)(H2,14,17,18)/b4-3+,6-5+. The Balaban J connectivity index is 2.98. The molecule has 5 nitrogen and oxygen atoms in total. The summed E-state index contributed by atoms with van der Waals surface area (Å²) in [7, 11) is -3.78. The molecule has 3 N–H and O–H groups in total. The molecule has 1 rings (SSSR count). The molecule has 0 aromatic heterocycles. The molecule has 0 atom stereocenters. The molecule has 6 heteroatoms. The van der Waals surface area contributed by atoms with Crippen LogP contribution in [0.25, 0.3) is 0 Å². The number of nitrogens with one attached hydrogen (secondary N) is 1. The van der Waals surface area contributed by atoms with Gasteiger partial charge in [0, 0.05) is 11.8 Å². The van der Waals surface area contributed by atoms with Crippen molar-refractivity contribution in [2.24, 2.45) is 5.14 Å². The van der Waals surface area contributed by atoms with Gasteiger partial charge in [0.1, 0.15) is 0 Å². The van der Waals surface area contributed by atoms with E-state index in [1.54, 1.807) is 31.2 Å². The molecule has 0 unspecified atom stereocenters. The van der Waals surface area contributed by atoms with Gasteiger partial charge in [-0.2, -0.15) is 0 Å². The lowest BCUT2D eigenvalue weighted by Crippen LogP contribution is -2.14. The van der Waals surface area contributed by atoms with Crippen molar-refractivity contribution in [2.75, 3.05) is 5.32 Å². The molecule has 102 valence electrons.